The first-order valence-corrected chi connectivity index (χ1v) is 9.91. The molecule has 0 unspecified atom stereocenters. The number of ether oxygens (including phenoxy) is 3. The molecule has 0 atom stereocenters. The van der Waals surface area contributed by atoms with Gasteiger partial charge >= 0.3 is 0 Å². The van der Waals surface area contributed by atoms with Crippen LogP contribution in [-0.2, 0) is 6.42 Å². The molecular weight excluding hydrogens is 412 g/mol. The summed E-state index contributed by atoms with van der Waals surface area (Å²) >= 11 is 0. The molecule has 0 fully saturated rings. The number of imidazole rings is 1. The molecule has 0 aliphatic rings. The molecule has 0 radical (unpaired) electrons. The highest BCUT2D eigenvalue weighted by atomic mass is 16.5. The highest BCUT2D eigenvalue weighted by Crippen LogP contribution is 2.40. The number of phenolic OH excluding ortho intramolecular Hbond substituents is 1. The summed E-state index contributed by atoms with van der Waals surface area (Å²) < 4.78 is 16.2. The van der Waals surface area contributed by atoms with Gasteiger partial charge in [-0.1, -0.05) is 12.1 Å². The fourth-order valence-electron chi connectivity index (χ4n) is 3.29. The van der Waals surface area contributed by atoms with Crippen LogP contribution in [0.3, 0.4) is 0 Å². The highest BCUT2D eigenvalue weighted by molar-refractivity contribution is 5.84. The van der Waals surface area contributed by atoms with E-state index in [0.29, 0.717) is 52.4 Å². The van der Waals surface area contributed by atoms with E-state index in [2.05, 4.69) is 30.6 Å². The molecule has 10 heteroatoms. The molecule has 4 N–H and O–H groups in total. The van der Waals surface area contributed by atoms with Gasteiger partial charge in [-0.15, -0.1) is 0 Å². The van der Waals surface area contributed by atoms with Crippen molar-refractivity contribution in [1.82, 2.24) is 19.9 Å². The van der Waals surface area contributed by atoms with Gasteiger partial charge in [-0.2, -0.15) is 9.97 Å². The maximum atomic E-state index is 9.43. The number of aromatic hydroxyl groups is 1. The Labute approximate surface area is 184 Å². The van der Waals surface area contributed by atoms with Crippen molar-refractivity contribution in [2.45, 2.75) is 6.42 Å². The van der Waals surface area contributed by atoms with E-state index < -0.39 is 0 Å². The number of hydrogen-bond donors (Lipinski definition) is 4. The number of phenols is 1. The maximum Gasteiger partial charge on any atom is 0.231 e. The minimum atomic E-state index is 0.249. The highest BCUT2D eigenvalue weighted by Gasteiger charge is 2.15. The number of H-pyrrole nitrogens is 1. The normalized spacial score (nSPS) is 10.7. The Kier molecular flexibility index (Phi) is 6.11. The van der Waals surface area contributed by atoms with Gasteiger partial charge in [0.2, 0.25) is 11.7 Å². The van der Waals surface area contributed by atoms with Crippen molar-refractivity contribution in [3.8, 4) is 23.0 Å². The first-order chi connectivity index (χ1) is 15.6. The van der Waals surface area contributed by atoms with E-state index in [1.807, 2.05) is 12.1 Å². The van der Waals surface area contributed by atoms with Gasteiger partial charge in [-0.05, 0) is 24.1 Å². The van der Waals surface area contributed by atoms with Crippen molar-refractivity contribution in [2.24, 2.45) is 0 Å². The summed E-state index contributed by atoms with van der Waals surface area (Å²) in [6.07, 6.45) is 2.34. The van der Waals surface area contributed by atoms with Crippen LogP contribution in [0.4, 0.5) is 17.5 Å². The molecule has 0 spiro atoms. The van der Waals surface area contributed by atoms with Crippen LogP contribution in [0.1, 0.15) is 5.56 Å². The Balaban J connectivity index is 1.57. The number of benzene rings is 2. The topological polar surface area (TPSA) is 126 Å². The Bertz CT molecular complexity index is 1180. The summed E-state index contributed by atoms with van der Waals surface area (Å²) in [4.78, 5) is 16.4. The van der Waals surface area contributed by atoms with Gasteiger partial charge in [0.05, 0.1) is 27.7 Å². The first kappa shape index (κ1) is 21.0. The third-order valence-electron chi connectivity index (χ3n) is 4.85. The molecule has 0 saturated heterocycles. The van der Waals surface area contributed by atoms with Crippen LogP contribution in [0.5, 0.6) is 23.0 Å². The molecule has 0 aliphatic carbocycles. The van der Waals surface area contributed by atoms with Crippen LogP contribution in [0.25, 0.3) is 11.2 Å². The Morgan fingerprint density at radius 1 is 0.969 bits per heavy atom. The zero-order valence-corrected chi connectivity index (χ0v) is 18.0. The van der Waals surface area contributed by atoms with E-state index in [4.69, 9.17) is 14.2 Å². The summed E-state index contributed by atoms with van der Waals surface area (Å²) in [6, 6.07) is 10.7. The van der Waals surface area contributed by atoms with Crippen molar-refractivity contribution < 1.29 is 19.3 Å². The van der Waals surface area contributed by atoms with Gasteiger partial charge in [0, 0.05) is 24.4 Å². The van der Waals surface area contributed by atoms with Crippen LogP contribution in [0.15, 0.2) is 42.7 Å². The molecule has 4 aromatic rings. The SMILES string of the molecule is COc1cc(Nc2nc(NCCc3ccc(O)cc3)c3[nH]cnc3n2)cc(OC)c1OC. The van der Waals surface area contributed by atoms with Crippen molar-refractivity contribution in [2.75, 3.05) is 38.5 Å². The average molecular weight is 436 g/mol. The van der Waals surface area contributed by atoms with Gasteiger partial charge < -0.3 is 34.9 Å². The summed E-state index contributed by atoms with van der Waals surface area (Å²) in [5.41, 5.74) is 3.01. The molecule has 2 aromatic heterocycles. The lowest BCUT2D eigenvalue weighted by molar-refractivity contribution is 0.324. The van der Waals surface area contributed by atoms with E-state index in [9.17, 15) is 5.11 Å². The number of aromatic nitrogens is 4. The zero-order chi connectivity index (χ0) is 22.5. The quantitative estimate of drug-likeness (QED) is 0.312. The number of anilines is 3. The van der Waals surface area contributed by atoms with Crippen LogP contribution in [-0.4, -0.2) is 52.9 Å². The molecule has 2 aromatic carbocycles. The second-order valence-electron chi connectivity index (χ2n) is 6.88. The first-order valence-electron chi connectivity index (χ1n) is 9.91. The van der Waals surface area contributed by atoms with E-state index in [1.54, 1.807) is 51.9 Å². The molecule has 166 valence electrons. The fraction of sp³-hybridized carbons (Fsp3) is 0.227. The molecule has 0 amide bonds. The lowest BCUT2D eigenvalue weighted by Gasteiger charge is -2.15. The van der Waals surface area contributed by atoms with Gasteiger partial charge in [0.15, 0.2) is 23.0 Å². The predicted octanol–water partition coefficient (Wildman–Crippen LogP) is 3.48. The number of rotatable bonds is 9. The molecular formula is C22H24N6O4. The van der Waals surface area contributed by atoms with Gasteiger partial charge in [0.1, 0.15) is 11.3 Å². The predicted molar refractivity (Wildman–Crippen MR) is 121 cm³/mol. The molecule has 0 aliphatic heterocycles. The monoisotopic (exact) mass is 436 g/mol. The van der Waals surface area contributed by atoms with Crippen LogP contribution in [0, 0.1) is 0 Å². The minimum absolute atomic E-state index is 0.249. The van der Waals surface area contributed by atoms with Crippen LogP contribution < -0.4 is 24.8 Å². The second kappa shape index (κ2) is 9.29. The number of nitrogens with zero attached hydrogens (tertiary/aromatic N) is 3. The Hall–Kier alpha value is -4.21. The largest absolute Gasteiger partial charge is 0.508 e. The van der Waals surface area contributed by atoms with Crippen LogP contribution in [0.2, 0.25) is 0 Å². The van der Waals surface area contributed by atoms with E-state index in [1.165, 1.54) is 0 Å². The zero-order valence-electron chi connectivity index (χ0n) is 18.0. The Morgan fingerprint density at radius 3 is 2.34 bits per heavy atom. The van der Waals surface area contributed by atoms with Gasteiger partial charge in [0.25, 0.3) is 0 Å². The summed E-state index contributed by atoms with van der Waals surface area (Å²) in [7, 11) is 4.67. The van der Waals surface area contributed by atoms with E-state index in [0.717, 1.165) is 12.0 Å². The van der Waals surface area contributed by atoms with Crippen molar-refractivity contribution >= 4 is 28.6 Å². The summed E-state index contributed by atoms with van der Waals surface area (Å²) in [5, 5.41) is 15.9. The van der Waals surface area contributed by atoms with Crippen LogP contribution >= 0.6 is 0 Å². The number of methoxy groups -OCH3 is 3. The third-order valence-corrected chi connectivity index (χ3v) is 4.85. The average Bonchev–Trinajstić information content (AvgIpc) is 3.28. The molecule has 4 rings (SSSR count). The Morgan fingerprint density at radius 2 is 1.69 bits per heavy atom. The second-order valence-corrected chi connectivity index (χ2v) is 6.88. The van der Waals surface area contributed by atoms with Gasteiger partial charge in [-0.25, -0.2) is 4.98 Å². The minimum Gasteiger partial charge on any atom is -0.508 e. The third kappa shape index (κ3) is 4.43. The van der Waals surface area contributed by atoms with E-state index >= 15 is 0 Å². The lowest BCUT2D eigenvalue weighted by Crippen LogP contribution is -2.09. The van der Waals surface area contributed by atoms with Crippen molar-refractivity contribution in [3.05, 3.63) is 48.3 Å². The summed E-state index contributed by atoms with van der Waals surface area (Å²) in [5.74, 6) is 2.78. The van der Waals surface area contributed by atoms with Crippen molar-refractivity contribution in [1.29, 1.82) is 0 Å². The fourth-order valence-corrected chi connectivity index (χ4v) is 3.29. The molecule has 10 nitrogen and oxygen atoms in total. The smallest absolute Gasteiger partial charge is 0.231 e. The molecule has 0 saturated carbocycles. The maximum absolute atomic E-state index is 9.43. The number of fused-ring (bicyclic) bond motifs is 1. The van der Waals surface area contributed by atoms with Crippen molar-refractivity contribution in [3.63, 3.8) is 0 Å². The summed E-state index contributed by atoms with van der Waals surface area (Å²) in [6.45, 7) is 0.638. The molecule has 0 bridgehead atoms. The number of nitrogens with one attached hydrogen (secondary N) is 3. The number of hydrogen-bond acceptors (Lipinski definition) is 9. The standard InChI is InChI=1S/C22H24N6O4/c1-30-16-10-14(11-17(31-2)19(16)32-3)26-22-27-20(18-21(28-22)25-12-24-18)23-9-8-13-4-6-15(29)7-5-13/h4-7,10-12,29H,8-9H2,1-3H3,(H3,23,24,25,26,27,28). The molecule has 2 heterocycles. The molecule has 32 heavy (non-hydrogen) atoms. The number of aromatic amines is 1. The lowest BCUT2D eigenvalue weighted by atomic mass is 10.1. The van der Waals surface area contributed by atoms with E-state index in [-0.39, 0.29) is 5.75 Å². The van der Waals surface area contributed by atoms with Gasteiger partial charge in [-0.3, -0.25) is 0 Å².